The Morgan fingerprint density at radius 1 is 1.00 bits per heavy atom. The molecule has 0 N–H and O–H groups in total. The van der Waals surface area contributed by atoms with Crippen molar-refractivity contribution >= 4 is 6.41 Å². The summed E-state index contributed by atoms with van der Waals surface area (Å²) in [4.78, 5) is 16.9. The second-order valence-electron chi connectivity index (χ2n) is 3.82. The fraction of sp³-hybridized carbons (Fsp3) is 0.143. The zero-order valence-electron chi connectivity index (χ0n) is 9.49. The van der Waals surface area contributed by atoms with Crippen molar-refractivity contribution in [1.82, 2.24) is 9.88 Å². The minimum atomic E-state index is 0.541. The summed E-state index contributed by atoms with van der Waals surface area (Å²) in [7, 11) is 0. The Balaban J connectivity index is 2.01. The molecule has 0 fully saturated rings. The lowest BCUT2D eigenvalue weighted by molar-refractivity contribution is -0.119. The van der Waals surface area contributed by atoms with Gasteiger partial charge in [-0.25, -0.2) is 0 Å². The van der Waals surface area contributed by atoms with Crippen molar-refractivity contribution in [3.8, 4) is 0 Å². The number of amides is 1. The molecule has 17 heavy (non-hydrogen) atoms. The first-order valence-electron chi connectivity index (χ1n) is 5.51. The van der Waals surface area contributed by atoms with Crippen LogP contribution in [0.2, 0.25) is 0 Å². The topological polar surface area (TPSA) is 33.2 Å². The Kier molecular flexibility index (Phi) is 3.86. The van der Waals surface area contributed by atoms with Crippen molar-refractivity contribution in [3.05, 3.63) is 66.0 Å². The highest BCUT2D eigenvalue weighted by Gasteiger charge is 2.04. The fourth-order valence-corrected chi connectivity index (χ4v) is 1.65. The molecule has 0 bridgehead atoms. The lowest BCUT2D eigenvalue weighted by atomic mass is 10.2. The van der Waals surface area contributed by atoms with Gasteiger partial charge < -0.3 is 4.90 Å². The van der Waals surface area contributed by atoms with Gasteiger partial charge in [0, 0.05) is 12.7 Å². The third-order valence-electron chi connectivity index (χ3n) is 2.47. The molecular weight excluding hydrogens is 212 g/mol. The van der Waals surface area contributed by atoms with Gasteiger partial charge in [0.15, 0.2) is 0 Å². The highest BCUT2D eigenvalue weighted by molar-refractivity contribution is 5.47. The van der Waals surface area contributed by atoms with E-state index in [1.54, 1.807) is 11.1 Å². The Hall–Kier alpha value is -2.16. The number of carbonyl (C=O) groups excluding carboxylic acids is 1. The van der Waals surface area contributed by atoms with Gasteiger partial charge in [-0.05, 0) is 17.7 Å². The number of rotatable bonds is 5. The van der Waals surface area contributed by atoms with Gasteiger partial charge in [0.2, 0.25) is 6.41 Å². The number of aromatic nitrogens is 1. The van der Waals surface area contributed by atoms with E-state index in [1.165, 1.54) is 0 Å². The number of hydrogen-bond acceptors (Lipinski definition) is 2. The molecule has 1 amide bonds. The van der Waals surface area contributed by atoms with Crippen LogP contribution in [0, 0.1) is 0 Å². The first-order valence-corrected chi connectivity index (χ1v) is 5.51. The van der Waals surface area contributed by atoms with E-state index < -0.39 is 0 Å². The molecule has 0 aliphatic rings. The van der Waals surface area contributed by atoms with Gasteiger partial charge in [-0.1, -0.05) is 36.4 Å². The van der Waals surface area contributed by atoms with Crippen LogP contribution < -0.4 is 0 Å². The van der Waals surface area contributed by atoms with Crippen LogP contribution in [0.15, 0.2) is 54.7 Å². The number of benzene rings is 1. The summed E-state index contributed by atoms with van der Waals surface area (Å²) in [6.45, 7) is 1.15. The zero-order chi connectivity index (χ0) is 11.9. The molecule has 3 nitrogen and oxygen atoms in total. The second kappa shape index (κ2) is 5.80. The third-order valence-corrected chi connectivity index (χ3v) is 2.47. The Labute approximate surface area is 101 Å². The van der Waals surface area contributed by atoms with Crippen molar-refractivity contribution in [1.29, 1.82) is 0 Å². The molecule has 0 aliphatic carbocycles. The lowest BCUT2D eigenvalue weighted by Crippen LogP contribution is -2.21. The van der Waals surface area contributed by atoms with Crippen molar-refractivity contribution in [2.24, 2.45) is 0 Å². The average Bonchev–Trinajstić information content (AvgIpc) is 2.40. The predicted molar refractivity (Wildman–Crippen MR) is 66.0 cm³/mol. The molecule has 86 valence electrons. The molecule has 0 unspecified atom stereocenters. The highest BCUT2D eigenvalue weighted by Crippen LogP contribution is 2.06. The number of nitrogens with zero attached hydrogens (tertiary/aromatic N) is 2. The third kappa shape index (κ3) is 3.41. The van der Waals surface area contributed by atoms with E-state index in [-0.39, 0.29) is 0 Å². The summed E-state index contributed by atoms with van der Waals surface area (Å²) in [6, 6.07) is 15.6. The first kappa shape index (κ1) is 11.3. The monoisotopic (exact) mass is 226 g/mol. The Morgan fingerprint density at radius 2 is 1.76 bits per heavy atom. The smallest absolute Gasteiger partial charge is 0.210 e. The van der Waals surface area contributed by atoms with Crippen molar-refractivity contribution in [3.63, 3.8) is 0 Å². The van der Waals surface area contributed by atoms with Crippen LogP contribution >= 0.6 is 0 Å². The number of pyridine rings is 1. The summed E-state index contributed by atoms with van der Waals surface area (Å²) in [5, 5.41) is 0. The summed E-state index contributed by atoms with van der Waals surface area (Å²) in [6.07, 6.45) is 2.60. The Morgan fingerprint density at radius 3 is 2.41 bits per heavy atom. The van der Waals surface area contributed by atoms with Gasteiger partial charge >= 0.3 is 0 Å². The lowest BCUT2D eigenvalue weighted by Gasteiger charge is -2.16. The van der Waals surface area contributed by atoms with Gasteiger partial charge in [-0.3, -0.25) is 9.78 Å². The maximum absolute atomic E-state index is 11.0. The molecule has 0 spiro atoms. The minimum absolute atomic E-state index is 0.541. The average molecular weight is 226 g/mol. The SMILES string of the molecule is O=CN(Cc1ccccc1)Cc1ccccn1. The molecule has 3 heteroatoms. The predicted octanol–water partition coefficient (Wildman–Crippen LogP) is 2.24. The molecule has 0 atom stereocenters. The van der Waals surface area contributed by atoms with E-state index in [4.69, 9.17) is 0 Å². The van der Waals surface area contributed by atoms with Crippen LogP contribution in [-0.4, -0.2) is 16.3 Å². The summed E-state index contributed by atoms with van der Waals surface area (Å²) in [5.74, 6) is 0. The van der Waals surface area contributed by atoms with E-state index in [0.717, 1.165) is 17.7 Å². The van der Waals surface area contributed by atoms with Crippen molar-refractivity contribution < 1.29 is 4.79 Å². The molecule has 1 aromatic heterocycles. The van der Waals surface area contributed by atoms with Crippen LogP contribution in [0.4, 0.5) is 0 Å². The van der Waals surface area contributed by atoms with Crippen LogP contribution in [0.3, 0.4) is 0 Å². The zero-order valence-corrected chi connectivity index (χ0v) is 9.49. The van der Waals surface area contributed by atoms with Crippen LogP contribution in [0.1, 0.15) is 11.3 Å². The molecule has 1 aromatic carbocycles. The standard InChI is InChI=1S/C14H14N2O/c17-12-16(10-13-6-2-1-3-7-13)11-14-8-4-5-9-15-14/h1-9,12H,10-11H2. The maximum atomic E-state index is 11.0. The van der Waals surface area contributed by atoms with E-state index in [0.29, 0.717) is 13.1 Å². The normalized spacial score (nSPS) is 9.88. The fourth-order valence-electron chi connectivity index (χ4n) is 1.65. The van der Waals surface area contributed by atoms with Crippen molar-refractivity contribution in [2.45, 2.75) is 13.1 Å². The van der Waals surface area contributed by atoms with E-state index in [9.17, 15) is 4.79 Å². The van der Waals surface area contributed by atoms with E-state index in [2.05, 4.69) is 4.98 Å². The molecular formula is C14H14N2O. The minimum Gasteiger partial charge on any atom is -0.335 e. The van der Waals surface area contributed by atoms with Gasteiger partial charge in [0.25, 0.3) is 0 Å². The van der Waals surface area contributed by atoms with E-state index >= 15 is 0 Å². The summed E-state index contributed by atoms with van der Waals surface area (Å²) < 4.78 is 0. The van der Waals surface area contributed by atoms with Crippen LogP contribution in [0.25, 0.3) is 0 Å². The van der Waals surface area contributed by atoms with Crippen molar-refractivity contribution in [2.75, 3.05) is 0 Å². The van der Waals surface area contributed by atoms with Crippen LogP contribution in [0.5, 0.6) is 0 Å². The molecule has 1 heterocycles. The first-order chi connectivity index (χ1) is 8.38. The van der Waals surface area contributed by atoms with Gasteiger partial charge in [0.1, 0.15) is 0 Å². The molecule has 0 saturated heterocycles. The highest BCUT2D eigenvalue weighted by atomic mass is 16.1. The molecule has 0 saturated carbocycles. The van der Waals surface area contributed by atoms with Crippen LogP contribution in [-0.2, 0) is 17.9 Å². The molecule has 2 rings (SSSR count). The Bertz CT molecular complexity index is 415. The van der Waals surface area contributed by atoms with Gasteiger partial charge in [0.05, 0.1) is 12.2 Å². The second-order valence-corrected chi connectivity index (χ2v) is 3.82. The van der Waals surface area contributed by atoms with Gasteiger partial charge in [-0.15, -0.1) is 0 Å². The summed E-state index contributed by atoms with van der Waals surface area (Å²) >= 11 is 0. The quantitative estimate of drug-likeness (QED) is 0.732. The number of carbonyl (C=O) groups is 1. The molecule has 0 aliphatic heterocycles. The molecule has 0 radical (unpaired) electrons. The maximum Gasteiger partial charge on any atom is 0.210 e. The summed E-state index contributed by atoms with van der Waals surface area (Å²) in [5.41, 5.74) is 2.02. The number of hydrogen-bond donors (Lipinski definition) is 0. The van der Waals surface area contributed by atoms with Gasteiger partial charge in [-0.2, -0.15) is 0 Å². The van der Waals surface area contributed by atoms with E-state index in [1.807, 2.05) is 48.5 Å². The molecule has 2 aromatic rings. The largest absolute Gasteiger partial charge is 0.335 e.